The molecule has 3 amide bonds. The Morgan fingerprint density at radius 3 is 2.55 bits per heavy atom. The molecule has 2 saturated heterocycles. The average molecular weight is 882 g/mol. The summed E-state index contributed by atoms with van der Waals surface area (Å²) in [5, 5.41) is 12.6. The molecule has 4 aliphatic rings. The molecule has 0 bridgehead atoms. The number of likely N-dealkylation sites (tertiary alicyclic amines) is 1. The van der Waals surface area contributed by atoms with Crippen molar-refractivity contribution >= 4 is 40.3 Å². The molecule has 1 aromatic carbocycles. The van der Waals surface area contributed by atoms with Crippen LogP contribution in [0, 0.1) is 11.8 Å². The van der Waals surface area contributed by atoms with E-state index in [1.54, 1.807) is 39.2 Å². The lowest BCUT2D eigenvalue weighted by atomic mass is 9.86. The van der Waals surface area contributed by atoms with Crippen molar-refractivity contribution < 1.29 is 27.6 Å². The van der Waals surface area contributed by atoms with E-state index in [1.807, 2.05) is 12.1 Å². The third kappa shape index (κ3) is 9.53. The van der Waals surface area contributed by atoms with Crippen molar-refractivity contribution in [3.63, 3.8) is 0 Å². The first-order valence-corrected chi connectivity index (χ1v) is 22.8. The van der Waals surface area contributed by atoms with Crippen molar-refractivity contribution in [1.82, 2.24) is 44.0 Å². The Morgan fingerprint density at radius 2 is 1.80 bits per heavy atom. The van der Waals surface area contributed by atoms with Crippen LogP contribution in [-0.2, 0) is 16.6 Å². The molecule has 0 spiro atoms. The van der Waals surface area contributed by atoms with Gasteiger partial charge in [0.1, 0.15) is 18.1 Å². The predicted molar refractivity (Wildman–Crippen MR) is 236 cm³/mol. The summed E-state index contributed by atoms with van der Waals surface area (Å²) in [7, 11) is 3.93. The van der Waals surface area contributed by atoms with Crippen molar-refractivity contribution in [2.45, 2.75) is 95.1 Å². The van der Waals surface area contributed by atoms with Gasteiger partial charge >= 0.3 is 5.69 Å². The number of hydrogen-bond acceptors (Lipinski definition) is 11. The highest BCUT2D eigenvalue weighted by Crippen LogP contribution is 2.37. The van der Waals surface area contributed by atoms with E-state index in [9.17, 15) is 28.0 Å². The second-order valence-corrected chi connectivity index (χ2v) is 18.3. The van der Waals surface area contributed by atoms with Gasteiger partial charge in [-0.2, -0.15) is 5.10 Å². The molecule has 0 radical (unpaired) electrons. The molecule has 4 fully saturated rings. The number of oxazole rings is 1. The van der Waals surface area contributed by atoms with Crippen LogP contribution in [0.1, 0.15) is 117 Å². The summed E-state index contributed by atoms with van der Waals surface area (Å²) >= 11 is 0. The molecule has 2 saturated carbocycles. The number of nitrogens with one attached hydrogen (secondary N) is 3. The number of fused-ring (bicyclic) bond motifs is 1. The lowest BCUT2D eigenvalue weighted by molar-refractivity contribution is -0.135. The average Bonchev–Trinajstić information content (AvgIpc) is 3.70. The number of nitrogens with zero attached hydrogens (tertiary/aromatic N) is 8. The number of carbonyl (C=O) groups is 3. The predicted octanol–water partition coefficient (Wildman–Crippen LogP) is 6.51. The van der Waals surface area contributed by atoms with Crippen LogP contribution in [-0.4, -0.2) is 103 Å². The SMILES string of the molecule is CN(CCCN1CCC(c2cccc3c2n(C)c(=O)n3C2CCC(=O)NC2=O)CC1)C[C@H]1CC[C@H](n2cc(NC(=O)c3coc(-c4ccnc(NCC5CC5)c4)n3)c(C(F)F)n2)CC1. The van der Waals surface area contributed by atoms with Crippen molar-refractivity contribution in [3.05, 3.63) is 76.4 Å². The molecule has 1 unspecified atom stereocenters. The van der Waals surface area contributed by atoms with Gasteiger partial charge < -0.3 is 24.9 Å². The van der Waals surface area contributed by atoms with Crippen LogP contribution in [0.5, 0.6) is 0 Å². The van der Waals surface area contributed by atoms with Gasteiger partial charge in [0.15, 0.2) is 11.4 Å². The van der Waals surface area contributed by atoms with Crippen LogP contribution in [0.15, 0.2) is 58.2 Å². The Labute approximate surface area is 369 Å². The maximum absolute atomic E-state index is 14.2. The first-order valence-electron chi connectivity index (χ1n) is 22.8. The number of carbonyl (C=O) groups excluding carboxylic acids is 3. The minimum Gasteiger partial charge on any atom is -0.444 e. The highest BCUT2D eigenvalue weighted by Gasteiger charge is 2.33. The molecule has 340 valence electrons. The number of para-hydroxylation sites is 1. The Kier molecular flexibility index (Phi) is 12.8. The zero-order chi connectivity index (χ0) is 44.5. The smallest absolute Gasteiger partial charge is 0.329 e. The number of amides is 3. The number of imidazole rings is 1. The second-order valence-electron chi connectivity index (χ2n) is 18.3. The van der Waals surface area contributed by atoms with Gasteiger partial charge in [0.05, 0.1) is 22.8 Å². The molecule has 9 rings (SSSR count). The number of aryl methyl sites for hydroxylation is 1. The van der Waals surface area contributed by atoms with E-state index >= 15 is 0 Å². The molecule has 5 aromatic rings. The van der Waals surface area contributed by atoms with E-state index < -0.39 is 30.0 Å². The van der Waals surface area contributed by atoms with E-state index in [-0.39, 0.29) is 41.3 Å². The molecule has 18 heteroatoms. The van der Waals surface area contributed by atoms with Gasteiger partial charge in [-0.15, -0.1) is 0 Å². The zero-order valence-corrected chi connectivity index (χ0v) is 36.5. The highest BCUT2D eigenvalue weighted by molar-refractivity contribution is 6.03. The molecule has 6 heterocycles. The van der Waals surface area contributed by atoms with Gasteiger partial charge in [-0.25, -0.2) is 23.5 Å². The Balaban J connectivity index is 0.720. The molecule has 1 atom stereocenters. The van der Waals surface area contributed by atoms with Crippen LogP contribution in [0.4, 0.5) is 20.3 Å². The molecule has 2 aliphatic heterocycles. The first-order chi connectivity index (χ1) is 31.0. The summed E-state index contributed by atoms with van der Waals surface area (Å²) in [5.74, 6) is 1.01. The number of aromatic nitrogens is 6. The van der Waals surface area contributed by atoms with Crippen LogP contribution in [0.3, 0.4) is 0 Å². The normalized spacial score (nSPS) is 21.2. The number of anilines is 2. The van der Waals surface area contributed by atoms with E-state index in [0.717, 1.165) is 101 Å². The second kappa shape index (κ2) is 18.8. The molecular weight excluding hydrogens is 825 g/mol. The lowest BCUT2D eigenvalue weighted by Gasteiger charge is -2.34. The van der Waals surface area contributed by atoms with Crippen LogP contribution >= 0.6 is 0 Å². The van der Waals surface area contributed by atoms with Crippen molar-refractivity contribution in [2.24, 2.45) is 18.9 Å². The van der Waals surface area contributed by atoms with Crippen LogP contribution < -0.4 is 21.6 Å². The van der Waals surface area contributed by atoms with Gasteiger partial charge in [0.2, 0.25) is 17.7 Å². The fourth-order valence-electron chi connectivity index (χ4n) is 9.96. The summed E-state index contributed by atoms with van der Waals surface area (Å²) in [6.07, 6.45) is 11.0. The van der Waals surface area contributed by atoms with Gasteiger partial charge in [-0.05, 0) is 139 Å². The van der Waals surface area contributed by atoms with Crippen molar-refractivity contribution in [3.8, 4) is 11.5 Å². The summed E-state index contributed by atoms with van der Waals surface area (Å²) in [4.78, 5) is 64.7. The summed E-state index contributed by atoms with van der Waals surface area (Å²) < 4.78 is 38.8. The molecule has 64 heavy (non-hydrogen) atoms. The van der Waals surface area contributed by atoms with E-state index in [4.69, 9.17) is 4.42 Å². The molecule has 4 aromatic heterocycles. The fourth-order valence-corrected chi connectivity index (χ4v) is 9.96. The monoisotopic (exact) mass is 881 g/mol. The summed E-state index contributed by atoms with van der Waals surface area (Å²) in [6.45, 7) is 5.73. The van der Waals surface area contributed by atoms with Crippen molar-refractivity contribution in [2.75, 3.05) is 56.9 Å². The fraction of sp³-hybridized carbons (Fsp3) is 0.543. The lowest BCUT2D eigenvalue weighted by Crippen LogP contribution is -2.44. The molecule has 16 nitrogen and oxygen atoms in total. The van der Waals surface area contributed by atoms with Crippen molar-refractivity contribution in [1.29, 1.82) is 0 Å². The number of halogens is 2. The Morgan fingerprint density at radius 1 is 1.02 bits per heavy atom. The Hall–Kier alpha value is -5.75. The first kappa shape index (κ1) is 43.5. The third-order valence-corrected chi connectivity index (χ3v) is 13.7. The molecular formula is C46H57F2N11O5. The Bertz CT molecular complexity index is 2540. The van der Waals surface area contributed by atoms with Crippen LogP contribution in [0.25, 0.3) is 22.5 Å². The highest BCUT2D eigenvalue weighted by atomic mass is 19.3. The van der Waals surface area contributed by atoms with Gasteiger partial charge in [-0.3, -0.25) is 33.5 Å². The van der Waals surface area contributed by atoms with Gasteiger partial charge in [0, 0.05) is 44.5 Å². The number of imide groups is 1. The van der Waals surface area contributed by atoms with E-state index in [2.05, 4.69) is 53.9 Å². The summed E-state index contributed by atoms with van der Waals surface area (Å²) in [6, 6.07) is 8.78. The molecule has 2 aliphatic carbocycles. The number of pyridine rings is 1. The topological polar surface area (TPSA) is 177 Å². The maximum atomic E-state index is 14.2. The number of hydrogen-bond donors (Lipinski definition) is 3. The quantitative estimate of drug-likeness (QED) is 0.0922. The maximum Gasteiger partial charge on any atom is 0.329 e. The number of rotatable bonds is 16. The number of benzene rings is 1. The standard InChI is InChI=1S/C46H57F2N11O5/c1-55(19-4-20-57-21-16-30(17-22-57)33-5-3-6-36-41(33)56(2)46(63)59(36)37-13-14-39(60)53-44(37)62)25-29-9-11-32(12-10-29)58-26-34(40(54-58)42(47)48)51-43(61)35-27-64-45(52-35)31-15-18-49-38(23-31)50-24-28-7-8-28/h3,5-6,15,18,23,26-30,32,37,42H,4,7-14,16-17,19-22,24-25H2,1-2H3,(H,49,50)(H,51,61)(H,53,60,62)/t29-,32-,37?. The van der Waals surface area contributed by atoms with E-state index in [0.29, 0.717) is 35.6 Å². The number of alkyl halides is 2. The summed E-state index contributed by atoms with van der Waals surface area (Å²) in [5.41, 5.74) is 2.63. The van der Waals surface area contributed by atoms with E-state index in [1.165, 1.54) is 25.3 Å². The zero-order valence-electron chi connectivity index (χ0n) is 36.5. The minimum atomic E-state index is -2.86. The number of piperidine rings is 2. The minimum absolute atomic E-state index is 0.0250. The third-order valence-electron chi connectivity index (χ3n) is 13.7. The van der Waals surface area contributed by atoms with Crippen LogP contribution in [0.2, 0.25) is 0 Å². The van der Waals surface area contributed by atoms with Gasteiger partial charge in [0.25, 0.3) is 12.3 Å². The molecule has 3 N–H and O–H groups in total. The van der Waals surface area contributed by atoms with Gasteiger partial charge in [-0.1, -0.05) is 12.1 Å². The largest absolute Gasteiger partial charge is 0.444 e.